The van der Waals surface area contributed by atoms with Crippen LogP contribution in [0.3, 0.4) is 0 Å². The zero-order valence-electron chi connectivity index (χ0n) is 5.17. The molecule has 1 rings (SSSR count). The Labute approximate surface area is 53.6 Å². The molecule has 0 saturated carbocycles. The van der Waals surface area contributed by atoms with Gasteiger partial charge in [-0.3, -0.25) is 0 Å². The van der Waals surface area contributed by atoms with Crippen molar-refractivity contribution >= 4 is 5.97 Å². The van der Waals surface area contributed by atoms with Gasteiger partial charge in [0.05, 0.1) is 0 Å². The minimum atomic E-state index is -0.824. The first-order chi connectivity index (χ1) is 4.30. The molecule has 1 saturated heterocycles. The summed E-state index contributed by atoms with van der Waals surface area (Å²) >= 11 is 0. The molecule has 0 aliphatic carbocycles. The van der Waals surface area contributed by atoms with Gasteiger partial charge in [-0.2, -0.15) is 0 Å². The fourth-order valence-electron chi connectivity index (χ4n) is 0.935. The molecule has 1 aliphatic rings. The molecule has 1 heterocycles. The number of carboxylic acids is 1. The maximum atomic E-state index is 10.2. The minimum absolute atomic E-state index is 0.529. The quantitative estimate of drug-likeness (QED) is 0.566. The highest BCUT2D eigenvalue weighted by Crippen LogP contribution is 2.11. The summed E-state index contributed by atoms with van der Waals surface area (Å²) in [5.41, 5.74) is 0. The van der Waals surface area contributed by atoms with Crippen molar-refractivity contribution < 1.29 is 14.6 Å². The van der Waals surface area contributed by atoms with Crippen LogP contribution in [-0.2, 0) is 9.53 Å². The minimum Gasteiger partial charge on any atom is -0.479 e. The Morgan fingerprint density at radius 3 is 2.67 bits per heavy atom. The van der Waals surface area contributed by atoms with Gasteiger partial charge in [0, 0.05) is 6.61 Å². The molecule has 0 aromatic carbocycles. The van der Waals surface area contributed by atoms with Gasteiger partial charge in [0.25, 0.3) is 0 Å². The first-order valence-corrected chi connectivity index (χ1v) is 3.15. The molecule has 3 heteroatoms. The van der Waals surface area contributed by atoms with Crippen LogP contribution in [0.4, 0.5) is 0 Å². The van der Waals surface area contributed by atoms with Crippen molar-refractivity contribution in [2.45, 2.75) is 25.4 Å². The molecular formula is C6H10O3. The van der Waals surface area contributed by atoms with Gasteiger partial charge in [0.15, 0.2) is 6.10 Å². The van der Waals surface area contributed by atoms with Gasteiger partial charge in [-0.1, -0.05) is 0 Å². The molecule has 0 aromatic rings. The molecule has 1 N–H and O–H groups in total. The number of carboxylic acid groups (broad SMARTS) is 1. The summed E-state index contributed by atoms with van der Waals surface area (Å²) < 4.78 is 4.94. The average Bonchev–Trinajstić information content (AvgIpc) is 1.90. The Balaban J connectivity index is 2.31. The summed E-state index contributed by atoms with van der Waals surface area (Å²) in [5.74, 6) is -0.824. The van der Waals surface area contributed by atoms with Crippen LogP contribution in [0, 0.1) is 0 Å². The van der Waals surface area contributed by atoms with E-state index in [1.807, 2.05) is 0 Å². The summed E-state index contributed by atoms with van der Waals surface area (Å²) in [6, 6.07) is 0. The second-order valence-electron chi connectivity index (χ2n) is 2.19. The molecule has 9 heavy (non-hydrogen) atoms. The fourth-order valence-corrected chi connectivity index (χ4v) is 0.935. The van der Waals surface area contributed by atoms with Crippen molar-refractivity contribution in [1.82, 2.24) is 0 Å². The molecule has 0 bridgehead atoms. The predicted molar refractivity (Wildman–Crippen MR) is 31.2 cm³/mol. The number of ether oxygens (including phenoxy) is 1. The van der Waals surface area contributed by atoms with E-state index in [1.165, 1.54) is 0 Å². The number of hydrogen-bond donors (Lipinski definition) is 1. The second kappa shape index (κ2) is 2.82. The molecule has 0 radical (unpaired) electrons. The first-order valence-electron chi connectivity index (χ1n) is 3.15. The van der Waals surface area contributed by atoms with Crippen LogP contribution in [0.1, 0.15) is 19.3 Å². The molecule has 0 amide bonds. The standard InChI is InChI=1S/C6H10O3/c7-6(8)5-3-1-2-4-9-5/h5H,1-4H2,(H,7,8)/t5-/m0/s1. The Hall–Kier alpha value is -0.570. The highest BCUT2D eigenvalue weighted by atomic mass is 16.5. The van der Waals surface area contributed by atoms with Crippen molar-refractivity contribution in [1.29, 1.82) is 0 Å². The van der Waals surface area contributed by atoms with Crippen LogP contribution in [-0.4, -0.2) is 23.8 Å². The van der Waals surface area contributed by atoms with E-state index in [0.29, 0.717) is 13.0 Å². The summed E-state index contributed by atoms with van der Waals surface area (Å²) in [7, 11) is 0. The average molecular weight is 130 g/mol. The van der Waals surface area contributed by atoms with Crippen LogP contribution in [0.2, 0.25) is 0 Å². The zero-order valence-corrected chi connectivity index (χ0v) is 5.17. The van der Waals surface area contributed by atoms with Gasteiger partial charge in [0.2, 0.25) is 0 Å². The highest BCUT2D eigenvalue weighted by molar-refractivity contribution is 5.72. The maximum Gasteiger partial charge on any atom is 0.332 e. The van der Waals surface area contributed by atoms with Crippen LogP contribution in [0.15, 0.2) is 0 Å². The van der Waals surface area contributed by atoms with Gasteiger partial charge >= 0.3 is 5.97 Å². The molecular weight excluding hydrogens is 120 g/mol. The van der Waals surface area contributed by atoms with Crippen molar-refractivity contribution in [3.8, 4) is 0 Å². The van der Waals surface area contributed by atoms with Crippen molar-refractivity contribution in [3.05, 3.63) is 0 Å². The van der Waals surface area contributed by atoms with Crippen LogP contribution in [0.25, 0.3) is 0 Å². The molecule has 0 unspecified atom stereocenters. The maximum absolute atomic E-state index is 10.2. The molecule has 0 spiro atoms. The SMILES string of the molecule is O=C(O)[C@@H]1CCCCO1. The zero-order chi connectivity index (χ0) is 6.69. The lowest BCUT2D eigenvalue weighted by atomic mass is 10.1. The van der Waals surface area contributed by atoms with E-state index in [1.54, 1.807) is 0 Å². The van der Waals surface area contributed by atoms with Crippen molar-refractivity contribution in [3.63, 3.8) is 0 Å². The number of hydrogen-bond acceptors (Lipinski definition) is 2. The Morgan fingerprint density at radius 2 is 2.33 bits per heavy atom. The lowest BCUT2D eigenvalue weighted by molar-refractivity contribution is -0.153. The normalized spacial score (nSPS) is 27.8. The highest BCUT2D eigenvalue weighted by Gasteiger charge is 2.20. The lowest BCUT2D eigenvalue weighted by Crippen LogP contribution is -2.27. The van der Waals surface area contributed by atoms with E-state index in [-0.39, 0.29) is 0 Å². The molecule has 0 aromatic heterocycles. The van der Waals surface area contributed by atoms with Gasteiger partial charge in [-0.05, 0) is 19.3 Å². The molecule has 52 valence electrons. The number of aliphatic carboxylic acids is 1. The number of rotatable bonds is 1. The van der Waals surface area contributed by atoms with E-state index in [9.17, 15) is 4.79 Å². The third-order valence-electron chi connectivity index (χ3n) is 1.46. The van der Waals surface area contributed by atoms with Gasteiger partial charge in [-0.25, -0.2) is 4.79 Å². The Bertz CT molecular complexity index is 105. The first kappa shape index (κ1) is 6.55. The fraction of sp³-hybridized carbons (Fsp3) is 0.833. The molecule has 1 atom stereocenters. The monoisotopic (exact) mass is 130 g/mol. The predicted octanol–water partition coefficient (Wildman–Crippen LogP) is 0.640. The second-order valence-corrected chi connectivity index (χ2v) is 2.19. The third kappa shape index (κ3) is 1.68. The van der Waals surface area contributed by atoms with E-state index < -0.39 is 12.1 Å². The van der Waals surface area contributed by atoms with Gasteiger partial charge < -0.3 is 9.84 Å². The lowest BCUT2D eigenvalue weighted by Gasteiger charge is -2.17. The Kier molecular flexibility index (Phi) is 2.05. The van der Waals surface area contributed by atoms with Crippen molar-refractivity contribution in [2.75, 3.05) is 6.61 Å². The summed E-state index contributed by atoms with van der Waals surface area (Å²) in [4.78, 5) is 10.2. The topological polar surface area (TPSA) is 46.5 Å². The van der Waals surface area contributed by atoms with E-state index in [2.05, 4.69) is 0 Å². The van der Waals surface area contributed by atoms with Crippen LogP contribution in [0.5, 0.6) is 0 Å². The van der Waals surface area contributed by atoms with Gasteiger partial charge in [-0.15, -0.1) is 0 Å². The molecule has 1 aliphatic heterocycles. The Morgan fingerprint density at radius 1 is 1.56 bits per heavy atom. The van der Waals surface area contributed by atoms with Crippen molar-refractivity contribution in [2.24, 2.45) is 0 Å². The largest absolute Gasteiger partial charge is 0.479 e. The molecule has 3 nitrogen and oxygen atoms in total. The smallest absolute Gasteiger partial charge is 0.332 e. The molecule has 1 fully saturated rings. The third-order valence-corrected chi connectivity index (χ3v) is 1.46. The van der Waals surface area contributed by atoms with Crippen LogP contribution >= 0.6 is 0 Å². The van der Waals surface area contributed by atoms with E-state index >= 15 is 0 Å². The van der Waals surface area contributed by atoms with E-state index in [4.69, 9.17) is 9.84 Å². The summed E-state index contributed by atoms with van der Waals surface area (Å²) in [6.45, 7) is 0.608. The van der Waals surface area contributed by atoms with Gasteiger partial charge in [0.1, 0.15) is 0 Å². The summed E-state index contributed by atoms with van der Waals surface area (Å²) in [6.07, 6.45) is 2.13. The summed E-state index contributed by atoms with van der Waals surface area (Å²) in [5, 5.41) is 8.41. The van der Waals surface area contributed by atoms with E-state index in [0.717, 1.165) is 12.8 Å². The number of carbonyl (C=O) groups is 1. The van der Waals surface area contributed by atoms with Crippen LogP contribution < -0.4 is 0 Å².